The molecule has 0 fully saturated rings. The number of hydrogen-bond donors (Lipinski definition) is 1. The predicted octanol–water partition coefficient (Wildman–Crippen LogP) is 3.13. The van der Waals surface area contributed by atoms with Gasteiger partial charge in [0.2, 0.25) is 5.43 Å². The van der Waals surface area contributed by atoms with Crippen LogP contribution in [0.4, 0.5) is 5.69 Å². The molecule has 3 aromatic rings. The zero-order chi connectivity index (χ0) is 19.2. The van der Waals surface area contributed by atoms with Gasteiger partial charge in [-0.05, 0) is 30.3 Å². The summed E-state index contributed by atoms with van der Waals surface area (Å²) in [5, 5.41) is 11.9. The molecular formula is C20H18N4O2S. The van der Waals surface area contributed by atoms with E-state index in [-0.39, 0.29) is 17.5 Å². The number of benzene rings is 2. The number of para-hydroxylation sites is 1. The average Bonchev–Trinajstić information content (AvgIpc) is 2.69. The first-order chi connectivity index (χ1) is 13.1. The molecule has 0 bridgehead atoms. The summed E-state index contributed by atoms with van der Waals surface area (Å²) in [5.41, 5.74) is 1.73. The van der Waals surface area contributed by atoms with Gasteiger partial charge in [-0.25, -0.2) is 4.68 Å². The zero-order valence-electron chi connectivity index (χ0n) is 14.7. The van der Waals surface area contributed by atoms with Crippen molar-refractivity contribution in [1.82, 2.24) is 9.78 Å². The molecule has 0 spiro atoms. The van der Waals surface area contributed by atoms with Crippen LogP contribution in [-0.4, -0.2) is 32.2 Å². The summed E-state index contributed by atoms with van der Waals surface area (Å²) >= 11 is 0. The molecule has 0 amide bonds. The molecule has 0 saturated carbocycles. The molecule has 2 aromatic carbocycles. The highest BCUT2D eigenvalue weighted by molar-refractivity contribution is 7.84. The molecule has 0 saturated heterocycles. The van der Waals surface area contributed by atoms with Crippen molar-refractivity contribution >= 4 is 28.4 Å². The van der Waals surface area contributed by atoms with Gasteiger partial charge in [0.05, 0.1) is 17.1 Å². The Bertz CT molecular complexity index is 1070. The first-order valence-corrected chi connectivity index (χ1v) is 9.80. The standard InChI is InChI=1S/C20H18N4O2S/c1-27(26)17-9-5-8-16(14-17)24-13-11-19(25)20(23-24)18(10-12-21)22-15-6-3-2-4-7-15/h2-9,11-14,21H,10H2,1H3. The minimum atomic E-state index is -1.12. The van der Waals surface area contributed by atoms with Crippen LogP contribution in [0, 0.1) is 5.41 Å². The maximum atomic E-state index is 12.4. The van der Waals surface area contributed by atoms with Crippen LogP contribution < -0.4 is 5.43 Å². The highest BCUT2D eigenvalue weighted by Crippen LogP contribution is 2.14. The monoisotopic (exact) mass is 378 g/mol. The number of hydrogen-bond acceptors (Lipinski definition) is 5. The van der Waals surface area contributed by atoms with E-state index >= 15 is 0 Å². The molecule has 7 heteroatoms. The largest absolute Gasteiger partial charge is 0.313 e. The number of aromatic nitrogens is 2. The van der Waals surface area contributed by atoms with E-state index in [1.54, 1.807) is 35.3 Å². The Morgan fingerprint density at radius 2 is 1.96 bits per heavy atom. The van der Waals surface area contributed by atoms with Crippen LogP contribution in [-0.2, 0) is 10.8 Å². The summed E-state index contributed by atoms with van der Waals surface area (Å²) in [4.78, 5) is 17.6. The van der Waals surface area contributed by atoms with Crippen LogP contribution in [0.1, 0.15) is 12.1 Å². The van der Waals surface area contributed by atoms with Gasteiger partial charge in [0.1, 0.15) is 0 Å². The first-order valence-electron chi connectivity index (χ1n) is 8.24. The molecule has 0 radical (unpaired) electrons. The number of nitrogens with zero attached hydrogens (tertiary/aromatic N) is 3. The number of aliphatic imine (C=N–C) groups is 1. The fourth-order valence-corrected chi connectivity index (χ4v) is 3.06. The zero-order valence-corrected chi connectivity index (χ0v) is 15.5. The molecule has 1 atom stereocenters. The average molecular weight is 378 g/mol. The van der Waals surface area contributed by atoms with E-state index in [0.29, 0.717) is 22.0 Å². The van der Waals surface area contributed by atoms with Crippen LogP contribution in [0.3, 0.4) is 0 Å². The second-order valence-electron chi connectivity index (χ2n) is 5.73. The fourth-order valence-electron chi connectivity index (χ4n) is 2.51. The molecule has 0 aliphatic heterocycles. The molecule has 27 heavy (non-hydrogen) atoms. The third-order valence-electron chi connectivity index (χ3n) is 3.81. The van der Waals surface area contributed by atoms with E-state index in [4.69, 9.17) is 5.41 Å². The maximum absolute atomic E-state index is 12.4. The molecule has 0 aliphatic carbocycles. The summed E-state index contributed by atoms with van der Waals surface area (Å²) < 4.78 is 13.3. The van der Waals surface area contributed by atoms with Gasteiger partial charge in [0.25, 0.3) is 0 Å². The molecule has 1 unspecified atom stereocenters. The van der Waals surface area contributed by atoms with Crippen molar-refractivity contribution in [2.75, 3.05) is 6.26 Å². The van der Waals surface area contributed by atoms with E-state index in [0.717, 1.165) is 0 Å². The quantitative estimate of drug-likeness (QED) is 0.669. The lowest BCUT2D eigenvalue weighted by Crippen LogP contribution is -2.21. The van der Waals surface area contributed by atoms with E-state index in [2.05, 4.69) is 10.1 Å². The smallest absolute Gasteiger partial charge is 0.209 e. The van der Waals surface area contributed by atoms with E-state index in [9.17, 15) is 9.00 Å². The van der Waals surface area contributed by atoms with Crippen LogP contribution in [0.2, 0.25) is 0 Å². The van der Waals surface area contributed by atoms with Crippen molar-refractivity contribution in [2.24, 2.45) is 4.99 Å². The third-order valence-corrected chi connectivity index (χ3v) is 4.73. The van der Waals surface area contributed by atoms with E-state index in [1.165, 1.54) is 12.3 Å². The Morgan fingerprint density at radius 1 is 1.19 bits per heavy atom. The number of rotatable bonds is 6. The summed E-state index contributed by atoms with van der Waals surface area (Å²) in [6.07, 6.45) is 4.56. The van der Waals surface area contributed by atoms with Crippen LogP contribution in [0.15, 0.2) is 81.5 Å². The van der Waals surface area contributed by atoms with Gasteiger partial charge in [-0.15, -0.1) is 0 Å². The first kappa shape index (κ1) is 18.6. The van der Waals surface area contributed by atoms with Gasteiger partial charge in [-0.1, -0.05) is 24.3 Å². The van der Waals surface area contributed by atoms with Crippen molar-refractivity contribution < 1.29 is 4.21 Å². The van der Waals surface area contributed by atoms with Crippen LogP contribution in [0.25, 0.3) is 5.69 Å². The van der Waals surface area contributed by atoms with Crippen molar-refractivity contribution in [1.29, 1.82) is 5.41 Å². The van der Waals surface area contributed by atoms with Crippen LogP contribution >= 0.6 is 0 Å². The van der Waals surface area contributed by atoms with Gasteiger partial charge >= 0.3 is 0 Å². The minimum absolute atomic E-state index is 0.188. The van der Waals surface area contributed by atoms with Crippen molar-refractivity contribution in [3.8, 4) is 5.69 Å². The Morgan fingerprint density at radius 3 is 2.67 bits per heavy atom. The summed E-state index contributed by atoms with van der Waals surface area (Å²) in [7, 11) is -1.12. The lowest BCUT2D eigenvalue weighted by molar-refractivity contribution is 0.686. The maximum Gasteiger partial charge on any atom is 0.209 e. The second kappa shape index (κ2) is 8.46. The summed E-state index contributed by atoms with van der Waals surface area (Å²) in [6.45, 7) is 0. The SMILES string of the molecule is CS(=O)c1cccc(-n2ccc(=O)c(C(CC=N)=Nc3ccccc3)n2)c1. The fraction of sp³-hybridized carbons (Fsp3) is 0.100. The molecule has 1 heterocycles. The summed E-state index contributed by atoms with van der Waals surface area (Å²) in [6, 6.07) is 17.8. The molecule has 136 valence electrons. The minimum Gasteiger partial charge on any atom is -0.313 e. The van der Waals surface area contributed by atoms with Crippen molar-refractivity contribution in [3.05, 3.63) is 82.8 Å². The summed E-state index contributed by atoms with van der Waals surface area (Å²) in [5.74, 6) is 0. The highest BCUT2D eigenvalue weighted by Gasteiger charge is 2.12. The topological polar surface area (TPSA) is 88.2 Å². The highest BCUT2D eigenvalue weighted by atomic mass is 32.2. The Kier molecular flexibility index (Phi) is 5.83. The predicted molar refractivity (Wildman–Crippen MR) is 108 cm³/mol. The van der Waals surface area contributed by atoms with Crippen molar-refractivity contribution in [3.63, 3.8) is 0 Å². The lowest BCUT2D eigenvalue weighted by atomic mass is 10.2. The Labute approximate surface area is 159 Å². The third kappa shape index (κ3) is 4.51. The molecule has 3 rings (SSSR count). The molecular weight excluding hydrogens is 360 g/mol. The Hall–Kier alpha value is -3.19. The molecule has 1 aromatic heterocycles. The second-order valence-corrected chi connectivity index (χ2v) is 7.11. The molecule has 6 nitrogen and oxygen atoms in total. The van der Waals surface area contributed by atoms with Gasteiger partial charge in [0, 0.05) is 46.8 Å². The Balaban J connectivity index is 2.10. The van der Waals surface area contributed by atoms with Gasteiger partial charge < -0.3 is 5.41 Å². The van der Waals surface area contributed by atoms with E-state index in [1.807, 2.05) is 36.4 Å². The van der Waals surface area contributed by atoms with Crippen molar-refractivity contribution in [2.45, 2.75) is 11.3 Å². The van der Waals surface area contributed by atoms with Gasteiger partial charge in [0.15, 0.2) is 5.69 Å². The number of nitrogens with one attached hydrogen (secondary N) is 1. The molecule has 1 N–H and O–H groups in total. The van der Waals surface area contributed by atoms with Gasteiger partial charge in [-0.2, -0.15) is 5.10 Å². The van der Waals surface area contributed by atoms with Gasteiger partial charge in [-0.3, -0.25) is 14.0 Å². The van der Waals surface area contributed by atoms with E-state index < -0.39 is 10.8 Å². The lowest BCUT2D eigenvalue weighted by Gasteiger charge is -2.09. The normalized spacial score (nSPS) is 12.6. The van der Waals surface area contributed by atoms with Crippen LogP contribution in [0.5, 0.6) is 0 Å². The molecule has 0 aliphatic rings.